The van der Waals surface area contributed by atoms with Crippen LogP contribution in [0, 0.1) is 11.7 Å². The number of fused-ring (bicyclic) bond motifs is 3. The van der Waals surface area contributed by atoms with Gasteiger partial charge in [-0.15, -0.1) is 0 Å². The summed E-state index contributed by atoms with van der Waals surface area (Å²) in [5.41, 5.74) is -1.42. The van der Waals surface area contributed by atoms with Crippen molar-refractivity contribution < 1.29 is 36.2 Å². The van der Waals surface area contributed by atoms with Gasteiger partial charge in [-0.3, -0.25) is 4.68 Å². The van der Waals surface area contributed by atoms with Crippen LogP contribution in [0.1, 0.15) is 35.4 Å². The second-order valence-corrected chi connectivity index (χ2v) is 8.04. The van der Waals surface area contributed by atoms with Crippen LogP contribution in [-0.2, 0) is 31.6 Å². The van der Waals surface area contributed by atoms with E-state index in [1.54, 1.807) is 0 Å². The first kappa shape index (κ1) is 22.4. The van der Waals surface area contributed by atoms with Gasteiger partial charge in [-0.05, 0) is 24.6 Å². The van der Waals surface area contributed by atoms with Crippen molar-refractivity contribution in [1.82, 2.24) is 14.7 Å². The minimum Gasteiger partial charge on any atom is -0.396 e. The molecule has 1 atom stereocenters. The number of benzene rings is 1. The summed E-state index contributed by atoms with van der Waals surface area (Å²) in [7, 11) is 0. The van der Waals surface area contributed by atoms with Crippen molar-refractivity contribution in [2.45, 2.75) is 44.5 Å². The Balaban J connectivity index is 1.57. The van der Waals surface area contributed by atoms with Crippen LogP contribution >= 0.6 is 0 Å². The standard InChI is InChI=1S/C20H20F6N4O2/c21-15-2-1-12(7-14(15)20(24,25)26)27-18(32)29-6-4-16-13(9-29)17-19(22,23)5-3-11(10-31)8-30(17)28-16/h1-2,7,11,31H,3-6,8-10H2,(H,27,32)/t11-/m0/s1. The highest BCUT2D eigenvalue weighted by Crippen LogP contribution is 2.41. The lowest BCUT2D eigenvalue weighted by Gasteiger charge is -2.28. The topological polar surface area (TPSA) is 70.4 Å². The Morgan fingerprint density at radius 1 is 1.31 bits per heavy atom. The number of aliphatic hydroxyl groups excluding tert-OH is 1. The number of anilines is 1. The molecule has 32 heavy (non-hydrogen) atoms. The zero-order valence-electron chi connectivity index (χ0n) is 16.7. The van der Waals surface area contributed by atoms with E-state index in [0.29, 0.717) is 17.8 Å². The minimum absolute atomic E-state index is 0.123. The van der Waals surface area contributed by atoms with Crippen molar-refractivity contribution in [2.75, 3.05) is 18.5 Å². The van der Waals surface area contributed by atoms with Crippen LogP contribution in [-0.4, -0.2) is 39.0 Å². The molecule has 0 unspecified atom stereocenters. The third kappa shape index (κ3) is 4.15. The summed E-state index contributed by atoms with van der Waals surface area (Å²) in [5, 5.41) is 16.0. The predicted molar refractivity (Wildman–Crippen MR) is 100 cm³/mol. The lowest BCUT2D eigenvalue weighted by atomic mass is 9.98. The van der Waals surface area contributed by atoms with E-state index in [0.717, 1.165) is 6.07 Å². The van der Waals surface area contributed by atoms with Crippen LogP contribution in [0.5, 0.6) is 0 Å². The number of carbonyl (C=O) groups is 1. The molecule has 0 saturated heterocycles. The van der Waals surface area contributed by atoms with E-state index < -0.39 is 35.9 Å². The molecule has 0 aliphatic carbocycles. The molecule has 1 aromatic carbocycles. The fourth-order valence-electron chi connectivity index (χ4n) is 4.15. The summed E-state index contributed by atoms with van der Waals surface area (Å²) in [6.45, 7) is -0.177. The molecule has 4 rings (SSSR count). The number of carbonyl (C=O) groups excluding carboxylic acids is 1. The van der Waals surface area contributed by atoms with Crippen LogP contribution in [0.4, 0.5) is 36.8 Å². The van der Waals surface area contributed by atoms with Crippen molar-refractivity contribution in [3.63, 3.8) is 0 Å². The molecule has 0 saturated carbocycles. The molecule has 0 radical (unpaired) electrons. The number of nitrogens with one attached hydrogen (secondary N) is 1. The second kappa shape index (κ2) is 7.98. The molecule has 3 heterocycles. The molecular formula is C20H20F6N4O2. The first-order chi connectivity index (χ1) is 15.0. The van der Waals surface area contributed by atoms with E-state index in [4.69, 9.17) is 0 Å². The zero-order chi connectivity index (χ0) is 23.3. The monoisotopic (exact) mass is 462 g/mol. The molecule has 2 aromatic rings. The quantitative estimate of drug-likeness (QED) is 0.660. The molecule has 6 nitrogen and oxygen atoms in total. The third-order valence-electron chi connectivity index (χ3n) is 5.81. The van der Waals surface area contributed by atoms with Crippen LogP contribution in [0.3, 0.4) is 0 Å². The number of rotatable bonds is 2. The van der Waals surface area contributed by atoms with Gasteiger partial charge in [-0.2, -0.15) is 27.1 Å². The van der Waals surface area contributed by atoms with E-state index in [1.165, 1.54) is 9.58 Å². The van der Waals surface area contributed by atoms with Gasteiger partial charge in [0, 0.05) is 49.7 Å². The molecule has 0 spiro atoms. The van der Waals surface area contributed by atoms with E-state index in [-0.39, 0.29) is 61.9 Å². The molecule has 0 bridgehead atoms. The Morgan fingerprint density at radius 2 is 2.06 bits per heavy atom. The van der Waals surface area contributed by atoms with Crippen molar-refractivity contribution in [3.8, 4) is 0 Å². The van der Waals surface area contributed by atoms with Crippen LogP contribution < -0.4 is 5.32 Å². The molecule has 2 N–H and O–H groups in total. The largest absolute Gasteiger partial charge is 0.419 e. The lowest BCUT2D eigenvalue weighted by molar-refractivity contribution is -0.139. The van der Waals surface area contributed by atoms with Crippen LogP contribution in [0.2, 0.25) is 0 Å². The molecular weight excluding hydrogens is 442 g/mol. The molecule has 2 aliphatic rings. The molecule has 2 amide bonds. The third-order valence-corrected chi connectivity index (χ3v) is 5.81. The summed E-state index contributed by atoms with van der Waals surface area (Å²) in [6.07, 6.45) is -5.07. The smallest absolute Gasteiger partial charge is 0.396 e. The number of urea groups is 1. The van der Waals surface area contributed by atoms with Gasteiger partial charge in [0.05, 0.1) is 17.8 Å². The molecule has 2 aliphatic heterocycles. The Labute approximate surface area is 178 Å². The lowest BCUT2D eigenvalue weighted by Crippen LogP contribution is -2.39. The first-order valence-electron chi connectivity index (χ1n) is 10.00. The number of aromatic nitrogens is 2. The summed E-state index contributed by atoms with van der Waals surface area (Å²) in [4.78, 5) is 13.8. The Kier molecular flexibility index (Phi) is 5.60. The van der Waals surface area contributed by atoms with Gasteiger partial charge in [0.1, 0.15) is 11.5 Å². The van der Waals surface area contributed by atoms with Crippen LogP contribution in [0.15, 0.2) is 18.2 Å². The fraction of sp³-hybridized carbons (Fsp3) is 0.500. The normalized spacial score (nSPS) is 20.3. The van der Waals surface area contributed by atoms with Gasteiger partial charge < -0.3 is 15.3 Å². The second-order valence-electron chi connectivity index (χ2n) is 8.04. The Morgan fingerprint density at radius 3 is 2.75 bits per heavy atom. The zero-order valence-corrected chi connectivity index (χ0v) is 16.7. The van der Waals surface area contributed by atoms with Crippen molar-refractivity contribution >= 4 is 11.7 Å². The predicted octanol–water partition coefficient (Wildman–Crippen LogP) is 4.13. The number of aliphatic hydroxyl groups is 1. The highest BCUT2D eigenvalue weighted by molar-refractivity contribution is 5.89. The maximum Gasteiger partial charge on any atom is 0.419 e. The molecule has 12 heteroatoms. The van der Waals surface area contributed by atoms with Gasteiger partial charge in [0.15, 0.2) is 0 Å². The van der Waals surface area contributed by atoms with Crippen molar-refractivity contribution in [1.29, 1.82) is 0 Å². The van der Waals surface area contributed by atoms with Gasteiger partial charge in [0.2, 0.25) is 0 Å². The fourth-order valence-corrected chi connectivity index (χ4v) is 4.15. The average molecular weight is 462 g/mol. The number of nitrogens with zero attached hydrogens (tertiary/aromatic N) is 3. The number of halogens is 6. The summed E-state index contributed by atoms with van der Waals surface area (Å²) in [6, 6.07) is 1.29. The number of hydrogen-bond acceptors (Lipinski definition) is 3. The SMILES string of the molecule is O=C(Nc1ccc(F)c(C(F)(F)F)c1)N1CCc2nn3c(c2C1)C(F)(F)CC[C@H](CO)C3. The van der Waals surface area contributed by atoms with Crippen molar-refractivity contribution in [3.05, 3.63) is 46.5 Å². The highest BCUT2D eigenvalue weighted by Gasteiger charge is 2.43. The minimum atomic E-state index is -4.93. The van der Waals surface area contributed by atoms with Gasteiger partial charge in [-0.25, -0.2) is 9.18 Å². The van der Waals surface area contributed by atoms with Gasteiger partial charge in [-0.1, -0.05) is 0 Å². The molecule has 174 valence electrons. The maximum absolute atomic E-state index is 14.9. The molecule has 0 fully saturated rings. The number of hydrogen-bond donors (Lipinski definition) is 2. The van der Waals surface area contributed by atoms with E-state index in [1.807, 2.05) is 0 Å². The average Bonchev–Trinajstić information content (AvgIpc) is 3.03. The Hall–Kier alpha value is -2.76. The van der Waals surface area contributed by atoms with E-state index >= 15 is 0 Å². The number of alkyl halides is 5. The van der Waals surface area contributed by atoms with E-state index in [9.17, 15) is 36.2 Å². The van der Waals surface area contributed by atoms with Crippen molar-refractivity contribution in [2.24, 2.45) is 5.92 Å². The summed E-state index contributed by atoms with van der Waals surface area (Å²) >= 11 is 0. The molecule has 1 aromatic heterocycles. The Bertz CT molecular complexity index is 1040. The van der Waals surface area contributed by atoms with Crippen LogP contribution in [0.25, 0.3) is 0 Å². The van der Waals surface area contributed by atoms with Gasteiger partial charge >= 0.3 is 12.2 Å². The summed E-state index contributed by atoms with van der Waals surface area (Å²) in [5.74, 6) is -5.02. The first-order valence-corrected chi connectivity index (χ1v) is 10.00. The van der Waals surface area contributed by atoms with E-state index in [2.05, 4.69) is 10.4 Å². The maximum atomic E-state index is 14.9. The van der Waals surface area contributed by atoms with Gasteiger partial charge in [0.25, 0.3) is 5.92 Å². The summed E-state index contributed by atoms with van der Waals surface area (Å²) < 4.78 is 83.1. The highest BCUT2D eigenvalue weighted by atomic mass is 19.4. The number of amides is 2.